The quantitative estimate of drug-likeness (QED) is 0.642. The van der Waals surface area contributed by atoms with Crippen molar-refractivity contribution in [2.24, 2.45) is 5.92 Å². The van der Waals surface area contributed by atoms with E-state index in [1.54, 1.807) is 6.07 Å². The van der Waals surface area contributed by atoms with Gasteiger partial charge in [-0.2, -0.15) is 4.31 Å². The maximum atomic E-state index is 13.4. The summed E-state index contributed by atoms with van der Waals surface area (Å²) in [7, 11) is -2.42. The van der Waals surface area contributed by atoms with Crippen LogP contribution in [0.15, 0.2) is 53.4 Å². The predicted molar refractivity (Wildman–Crippen MR) is 116 cm³/mol. The number of rotatable bonds is 6. The van der Waals surface area contributed by atoms with Gasteiger partial charge in [0.15, 0.2) is 0 Å². The average Bonchev–Trinajstić information content (AvgIpc) is 3.12. The normalized spacial score (nSPS) is 18.5. The number of ether oxygens (including phenoxy) is 1. The summed E-state index contributed by atoms with van der Waals surface area (Å²) < 4.78 is 33.6. The van der Waals surface area contributed by atoms with E-state index in [0.29, 0.717) is 19.0 Å². The molecule has 31 heavy (non-hydrogen) atoms. The lowest BCUT2D eigenvalue weighted by Gasteiger charge is -2.31. The minimum Gasteiger partial charge on any atom is -0.495 e. The van der Waals surface area contributed by atoms with E-state index < -0.39 is 10.0 Å². The molecule has 0 unspecified atom stereocenters. The summed E-state index contributed by atoms with van der Waals surface area (Å²) in [4.78, 5) is 25.3. The Morgan fingerprint density at radius 1 is 0.968 bits per heavy atom. The van der Waals surface area contributed by atoms with Gasteiger partial charge in [-0.1, -0.05) is 30.3 Å². The second-order valence-corrected chi connectivity index (χ2v) is 9.90. The van der Waals surface area contributed by atoms with Crippen LogP contribution in [0, 0.1) is 5.92 Å². The minimum atomic E-state index is -3.83. The van der Waals surface area contributed by atoms with Gasteiger partial charge in [0, 0.05) is 25.9 Å². The predicted octanol–water partition coefficient (Wildman–Crippen LogP) is 2.99. The van der Waals surface area contributed by atoms with E-state index in [2.05, 4.69) is 12.1 Å². The Hall–Kier alpha value is -2.71. The van der Waals surface area contributed by atoms with Gasteiger partial charge in [-0.3, -0.25) is 14.5 Å². The van der Waals surface area contributed by atoms with Crippen molar-refractivity contribution in [1.82, 2.24) is 4.31 Å². The Balaban J connectivity index is 1.54. The molecule has 0 spiro atoms. The van der Waals surface area contributed by atoms with E-state index in [4.69, 9.17) is 4.74 Å². The van der Waals surface area contributed by atoms with Gasteiger partial charge in [0.25, 0.3) is 0 Å². The number of methoxy groups -OCH3 is 1. The van der Waals surface area contributed by atoms with E-state index in [-0.39, 0.29) is 41.0 Å². The molecule has 2 aromatic rings. The molecule has 0 aromatic heterocycles. The molecule has 0 radical (unpaired) electrons. The van der Waals surface area contributed by atoms with Crippen molar-refractivity contribution in [3.8, 4) is 5.75 Å². The molecule has 0 aliphatic carbocycles. The van der Waals surface area contributed by atoms with Gasteiger partial charge in [0.1, 0.15) is 10.6 Å². The first-order chi connectivity index (χ1) is 14.9. The number of hydrogen-bond donors (Lipinski definition) is 0. The molecule has 0 bridgehead atoms. The number of hydrogen-bond acceptors (Lipinski definition) is 5. The van der Waals surface area contributed by atoms with Crippen LogP contribution in [0.4, 0.5) is 5.69 Å². The lowest BCUT2D eigenvalue weighted by atomic mass is 9.91. The largest absolute Gasteiger partial charge is 0.495 e. The van der Waals surface area contributed by atoms with Gasteiger partial charge in [-0.15, -0.1) is 0 Å². The molecule has 2 aliphatic rings. The second-order valence-electron chi connectivity index (χ2n) is 8.00. The van der Waals surface area contributed by atoms with E-state index in [1.807, 2.05) is 18.2 Å². The summed E-state index contributed by atoms with van der Waals surface area (Å²) in [5.74, 6) is -0.00309. The Labute approximate surface area is 182 Å². The lowest BCUT2D eigenvalue weighted by Crippen LogP contribution is -2.39. The van der Waals surface area contributed by atoms with Crippen LogP contribution in [0.5, 0.6) is 5.75 Å². The zero-order chi connectivity index (χ0) is 22.0. The third-order valence-electron chi connectivity index (χ3n) is 6.02. The first-order valence-electron chi connectivity index (χ1n) is 10.5. The molecule has 0 atom stereocenters. The fraction of sp³-hybridized carbons (Fsp3) is 0.391. The van der Waals surface area contributed by atoms with Crippen LogP contribution < -0.4 is 9.64 Å². The Morgan fingerprint density at radius 3 is 2.23 bits per heavy atom. The van der Waals surface area contributed by atoms with Crippen molar-refractivity contribution in [3.05, 3.63) is 54.1 Å². The SMILES string of the molecule is COc1ccc(N2C(=O)CCC2=O)cc1S(=O)(=O)N1CCC(Cc2ccccc2)CC1. The number of imide groups is 1. The van der Waals surface area contributed by atoms with E-state index in [0.717, 1.165) is 24.2 Å². The molecule has 2 heterocycles. The third kappa shape index (κ3) is 4.36. The summed E-state index contributed by atoms with van der Waals surface area (Å²) in [5, 5.41) is 0. The van der Waals surface area contributed by atoms with Crippen molar-refractivity contribution in [2.45, 2.75) is 37.0 Å². The van der Waals surface area contributed by atoms with Crippen molar-refractivity contribution in [1.29, 1.82) is 0 Å². The summed E-state index contributed by atoms with van der Waals surface area (Å²) in [6, 6.07) is 14.7. The van der Waals surface area contributed by atoms with Crippen molar-refractivity contribution < 1.29 is 22.7 Å². The van der Waals surface area contributed by atoms with E-state index >= 15 is 0 Å². The lowest BCUT2D eigenvalue weighted by molar-refractivity contribution is -0.121. The van der Waals surface area contributed by atoms with Gasteiger partial charge in [-0.05, 0) is 48.9 Å². The van der Waals surface area contributed by atoms with Gasteiger partial charge >= 0.3 is 0 Å². The van der Waals surface area contributed by atoms with Crippen molar-refractivity contribution in [2.75, 3.05) is 25.1 Å². The average molecular weight is 443 g/mol. The second kappa shape index (κ2) is 8.80. The molecule has 2 aliphatic heterocycles. The van der Waals surface area contributed by atoms with Crippen LogP contribution in [0.2, 0.25) is 0 Å². The number of carbonyl (C=O) groups is 2. The van der Waals surface area contributed by atoms with Crippen LogP contribution in [-0.4, -0.2) is 44.7 Å². The number of benzene rings is 2. The van der Waals surface area contributed by atoms with Crippen LogP contribution in [0.25, 0.3) is 0 Å². The van der Waals surface area contributed by atoms with Gasteiger partial charge in [0.2, 0.25) is 21.8 Å². The molecule has 7 nitrogen and oxygen atoms in total. The monoisotopic (exact) mass is 442 g/mol. The molecule has 0 N–H and O–H groups in total. The van der Waals surface area contributed by atoms with Crippen LogP contribution in [0.1, 0.15) is 31.2 Å². The van der Waals surface area contributed by atoms with Crippen LogP contribution in [0.3, 0.4) is 0 Å². The number of anilines is 1. The standard InChI is InChI=1S/C23H26N2O5S/c1-30-20-8-7-19(25-22(26)9-10-23(25)27)16-21(20)31(28,29)24-13-11-18(12-14-24)15-17-5-3-2-4-6-17/h2-8,16,18H,9-15H2,1H3. The molecular formula is C23H26N2O5S. The molecule has 8 heteroatoms. The summed E-state index contributed by atoms with van der Waals surface area (Å²) in [6.45, 7) is 0.851. The third-order valence-corrected chi connectivity index (χ3v) is 7.94. The topological polar surface area (TPSA) is 84.0 Å². The number of carbonyl (C=O) groups excluding carboxylic acids is 2. The molecule has 164 valence electrons. The van der Waals surface area contributed by atoms with Gasteiger partial charge in [-0.25, -0.2) is 8.42 Å². The number of sulfonamides is 1. The first-order valence-corrected chi connectivity index (χ1v) is 11.9. The molecule has 0 saturated carbocycles. The fourth-order valence-corrected chi connectivity index (χ4v) is 5.96. The zero-order valence-corrected chi connectivity index (χ0v) is 18.3. The molecule has 2 saturated heterocycles. The Kier molecular flexibility index (Phi) is 6.11. The molecule has 2 amide bonds. The number of nitrogens with zero attached hydrogens (tertiary/aromatic N) is 2. The highest BCUT2D eigenvalue weighted by Crippen LogP contribution is 2.34. The smallest absolute Gasteiger partial charge is 0.246 e. The summed E-state index contributed by atoms with van der Waals surface area (Å²) in [5.41, 5.74) is 1.53. The van der Waals surface area contributed by atoms with E-state index in [1.165, 1.54) is 29.1 Å². The molecule has 2 fully saturated rings. The minimum absolute atomic E-state index is 0.0125. The zero-order valence-electron chi connectivity index (χ0n) is 17.5. The van der Waals surface area contributed by atoms with Gasteiger partial charge < -0.3 is 4.74 Å². The molecule has 4 rings (SSSR count). The molecular weight excluding hydrogens is 416 g/mol. The summed E-state index contributed by atoms with van der Waals surface area (Å²) in [6.07, 6.45) is 2.77. The highest BCUT2D eigenvalue weighted by molar-refractivity contribution is 7.89. The molecule has 2 aromatic carbocycles. The maximum absolute atomic E-state index is 13.4. The maximum Gasteiger partial charge on any atom is 0.246 e. The van der Waals surface area contributed by atoms with Crippen LogP contribution >= 0.6 is 0 Å². The Morgan fingerprint density at radius 2 is 1.61 bits per heavy atom. The number of piperidine rings is 1. The van der Waals surface area contributed by atoms with Crippen molar-refractivity contribution in [3.63, 3.8) is 0 Å². The first kappa shape index (κ1) is 21.5. The van der Waals surface area contributed by atoms with E-state index in [9.17, 15) is 18.0 Å². The summed E-state index contributed by atoms with van der Waals surface area (Å²) >= 11 is 0. The van der Waals surface area contributed by atoms with Crippen molar-refractivity contribution >= 4 is 27.5 Å². The fourth-order valence-electron chi connectivity index (χ4n) is 4.31. The number of amides is 2. The Bertz CT molecular complexity index is 1060. The highest BCUT2D eigenvalue weighted by Gasteiger charge is 2.35. The highest BCUT2D eigenvalue weighted by atomic mass is 32.2. The van der Waals surface area contributed by atoms with Gasteiger partial charge in [0.05, 0.1) is 12.8 Å². The van der Waals surface area contributed by atoms with Crippen LogP contribution in [-0.2, 0) is 26.0 Å².